The Bertz CT molecular complexity index is 393. The van der Waals surface area contributed by atoms with Gasteiger partial charge >= 0.3 is 0 Å². The number of anilines is 2. The van der Waals surface area contributed by atoms with Gasteiger partial charge in [0.05, 0.1) is 0 Å². The van der Waals surface area contributed by atoms with Crippen LogP contribution in [-0.2, 0) is 0 Å². The molecule has 0 amide bonds. The van der Waals surface area contributed by atoms with E-state index in [1.807, 2.05) is 6.07 Å². The molecule has 19 heavy (non-hydrogen) atoms. The Morgan fingerprint density at radius 2 is 2.32 bits per heavy atom. The lowest BCUT2D eigenvalue weighted by molar-refractivity contribution is 0.606. The zero-order valence-electron chi connectivity index (χ0n) is 12.0. The molecular formula is C14H25N5. The third-order valence-electron chi connectivity index (χ3n) is 3.62. The summed E-state index contributed by atoms with van der Waals surface area (Å²) in [5, 5.41) is 3.36. The van der Waals surface area contributed by atoms with E-state index >= 15 is 0 Å². The van der Waals surface area contributed by atoms with Crippen molar-refractivity contribution < 1.29 is 0 Å². The molecule has 2 heterocycles. The summed E-state index contributed by atoms with van der Waals surface area (Å²) in [5.41, 5.74) is 5.81. The Kier molecular flexibility index (Phi) is 4.96. The maximum Gasteiger partial charge on any atom is 0.134 e. The van der Waals surface area contributed by atoms with Crippen LogP contribution in [0.1, 0.15) is 33.1 Å². The molecule has 1 fully saturated rings. The van der Waals surface area contributed by atoms with Gasteiger partial charge < -0.3 is 16.0 Å². The molecule has 0 saturated carbocycles. The summed E-state index contributed by atoms with van der Waals surface area (Å²) >= 11 is 0. The minimum atomic E-state index is 0.429. The van der Waals surface area contributed by atoms with Gasteiger partial charge in [0.25, 0.3) is 0 Å². The number of rotatable bonds is 6. The Balaban J connectivity index is 1.98. The van der Waals surface area contributed by atoms with Crippen molar-refractivity contribution in [1.29, 1.82) is 0 Å². The van der Waals surface area contributed by atoms with Gasteiger partial charge in [-0.3, -0.25) is 0 Å². The Hall–Kier alpha value is -1.36. The molecule has 3 N–H and O–H groups in total. The number of aromatic nitrogens is 2. The standard InChI is InChI=1S/C14H25N5/c1-11(2)5-6-16-13-8-14(18-10-17-13)19-7-3-4-12(19)9-15/h8,10-12H,3-7,9,15H2,1-2H3,(H,16,17,18). The zero-order valence-corrected chi connectivity index (χ0v) is 12.0. The smallest absolute Gasteiger partial charge is 0.134 e. The van der Waals surface area contributed by atoms with Crippen molar-refractivity contribution >= 4 is 11.6 Å². The predicted molar refractivity (Wildman–Crippen MR) is 79.4 cm³/mol. The molecule has 1 atom stereocenters. The topological polar surface area (TPSA) is 67.1 Å². The van der Waals surface area contributed by atoms with Crippen LogP contribution in [0.25, 0.3) is 0 Å². The second-order valence-corrected chi connectivity index (χ2v) is 5.60. The van der Waals surface area contributed by atoms with E-state index in [4.69, 9.17) is 5.73 Å². The number of nitrogens with zero attached hydrogens (tertiary/aromatic N) is 3. The molecule has 0 radical (unpaired) electrons. The van der Waals surface area contributed by atoms with Crippen LogP contribution < -0.4 is 16.0 Å². The quantitative estimate of drug-likeness (QED) is 0.820. The van der Waals surface area contributed by atoms with Crippen molar-refractivity contribution in [2.24, 2.45) is 11.7 Å². The monoisotopic (exact) mass is 263 g/mol. The first-order valence-corrected chi connectivity index (χ1v) is 7.23. The van der Waals surface area contributed by atoms with E-state index in [9.17, 15) is 0 Å². The molecule has 1 aliphatic rings. The average Bonchev–Trinajstić information content (AvgIpc) is 2.87. The minimum Gasteiger partial charge on any atom is -0.370 e. The summed E-state index contributed by atoms with van der Waals surface area (Å²) in [6.45, 7) is 7.14. The summed E-state index contributed by atoms with van der Waals surface area (Å²) < 4.78 is 0. The van der Waals surface area contributed by atoms with Crippen LogP contribution in [0, 0.1) is 5.92 Å². The van der Waals surface area contributed by atoms with Gasteiger partial charge in [0.2, 0.25) is 0 Å². The summed E-state index contributed by atoms with van der Waals surface area (Å²) in [7, 11) is 0. The van der Waals surface area contributed by atoms with E-state index < -0.39 is 0 Å². The molecular weight excluding hydrogens is 238 g/mol. The molecule has 1 aromatic rings. The molecule has 1 aliphatic heterocycles. The van der Waals surface area contributed by atoms with Gasteiger partial charge in [-0.2, -0.15) is 0 Å². The summed E-state index contributed by atoms with van der Waals surface area (Å²) in [4.78, 5) is 11.0. The lowest BCUT2D eigenvalue weighted by atomic mass is 10.1. The maximum atomic E-state index is 5.81. The lowest BCUT2D eigenvalue weighted by Gasteiger charge is -2.24. The van der Waals surface area contributed by atoms with Crippen LogP contribution in [0.2, 0.25) is 0 Å². The number of hydrogen-bond donors (Lipinski definition) is 2. The van der Waals surface area contributed by atoms with Crippen molar-refractivity contribution in [3.8, 4) is 0 Å². The molecule has 1 saturated heterocycles. The van der Waals surface area contributed by atoms with Gasteiger partial charge in [-0.1, -0.05) is 13.8 Å². The fraction of sp³-hybridized carbons (Fsp3) is 0.714. The van der Waals surface area contributed by atoms with E-state index in [2.05, 4.69) is 34.0 Å². The normalized spacial score (nSPS) is 19.2. The summed E-state index contributed by atoms with van der Waals surface area (Å²) in [6.07, 6.45) is 5.14. The van der Waals surface area contributed by atoms with Crippen LogP contribution in [0.3, 0.4) is 0 Å². The second kappa shape index (κ2) is 6.70. The van der Waals surface area contributed by atoms with Gasteiger partial charge in [0, 0.05) is 31.7 Å². The molecule has 1 aromatic heterocycles. The number of nitrogens with two attached hydrogens (primary N) is 1. The first-order valence-electron chi connectivity index (χ1n) is 7.23. The van der Waals surface area contributed by atoms with Gasteiger partial charge in [-0.05, 0) is 25.2 Å². The second-order valence-electron chi connectivity index (χ2n) is 5.60. The average molecular weight is 263 g/mol. The third kappa shape index (κ3) is 3.80. The Labute approximate surface area is 115 Å². The fourth-order valence-electron chi connectivity index (χ4n) is 2.47. The van der Waals surface area contributed by atoms with Crippen molar-refractivity contribution in [3.63, 3.8) is 0 Å². The van der Waals surface area contributed by atoms with E-state index in [0.717, 1.165) is 37.6 Å². The highest BCUT2D eigenvalue weighted by Crippen LogP contribution is 2.24. The predicted octanol–water partition coefficient (Wildman–Crippen LogP) is 1.86. The fourth-order valence-corrected chi connectivity index (χ4v) is 2.47. The molecule has 0 aliphatic carbocycles. The maximum absolute atomic E-state index is 5.81. The highest BCUT2D eigenvalue weighted by Gasteiger charge is 2.24. The molecule has 0 spiro atoms. The van der Waals surface area contributed by atoms with E-state index in [-0.39, 0.29) is 0 Å². The van der Waals surface area contributed by atoms with Crippen molar-refractivity contribution in [1.82, 2.24) is 9.97 Å². The van der Waals surface area contributed by atoms with Crippen LogP contribution in [0.5, 0.6) is 0 Å². The van der Waals surface area contributed by atoms with Gasteiger partial charge in [-0.25, -0.2) is 9.97 Å². The summed E-state index contributed by atoms with van der Waals surface area (Å²) in [5.74, 6) is 2.61. The van der Waals surface area contributed by atoms with Crippen molar-refractivity contribution in [3.05, 3.63) is 12.4 Å². The summed E-state index contributed by atoms with van der Waals surface area (Å²) in [6, 6.07) is 2.47. The van der Waals surface area contributed by atoms with Crippen LogP contribution in [0.15, 0.2) is 12.4 Å². The van der Waals surface area contributed by atoms with Gasteiger partial charge in [0.1, 0.15) is 18.0 Å². The molecule has 106 valence electrons. The molecule has 1 unspecified atom stereocenters. The zero-order chi connectivity index (χ0) is 13.7. The highest BCUT2D eigenvalue weighted by molar-refractivity contribution is 5.49. The Morgan fingerprint density at radius 3 is 3.05 bits per heavy atom. The SMILES string of the molecule is CC(C)CCNc1cc(N2CCCC2CN)ncn1. The Morgan fingerprint density at radius 1 is 1.47 bits per heavy atom. The number of nitrogens with one attached hydrogen (secondary N) is 1. The van der Waals surface area contributed by atoms with Crippen LogP contribution in [-0.4, -0.2) is 35.6 Å². The highest BCUT2D eigenvalue weighted by atomic mass is 15.2. The van der Waals surface area contributed by atoms with Gasteiger partial charge in [-0.15, -0.1) is 0 Å². The van der Waals surface area contributed by atoms with E-state index in [1.165, 1.54) is 6.42 Å². The van der Waals surface area contributed by atoms with Gasteiger partial charge in [0.15, 0.2) is 0 Å². The molecule has 0 bridgehead atoms. The molecule has 2 rings (SSSR count). The molecule has 0 aromatic carbocycles. The lowest BCUT2D eigenvalue weighted by Crippen LogP contribution is -2.35. The minimum absolute atomic E-state index is 0.429. The first kappa shape index (κ1) is 14.1. The van der Waals surface area contributed by atoms with E-state index in [0.29, 0.717) is 18.5 Å². The number of hydrogen-bond acceptors (Lipinski definition) is 5. The van der Waals surface area contributed by atoms with Crippen molar-refractivity contribution in [2.75, 3.05) is 29.9 Å². The largest absolute Gasteiger partial charge is 0.370 e. The van der Waals surface area contributed by atoms with Crippen LogP contribution >= 0.6 is 0 Å². The van der Waals surface area contributed by atoms with E-state index in [1.54, 1.807) is 6.33 Å². The first-order chi connectivity index (χ1) is 9.20. The molecule has 5 heteroatoms. The third-order valence-corrected chi connectivity index (χ3v) is 3.62. The van der Waals surface area contributed by atoms with Crippen LogP contribution in [0.4, 0.5) is 11.6 Å². The van der Waals surface area contributed by atoms with Crippen molar-refractivity contribution in [2.45, 2.75) is 39.2 Å². The molecule has 5 nitrogen and oxygen atoms in total.